The molecule has 0 aliphatic heterocycles. The normalized spacial score (nSPS) is 12.1. The SMILES string of the molecule is COc1ccc(C(N=O)c2sccc2Br)cc1. The van der Waals surface area contributed by atoms with Crippen LogP contribution in [0.2, 0.25) is 0 Å². The van der Waals surface area contributed by atoms with Crippen LogP contribution in [0.3, 0.4) is 0 Å². The van der Waals surface area contributed by atoms with Crippen LogP contribution in [0.1, 0.15) is 16.5 Å². The highest BCUT2D eigenvalue weighted by Gasteiger charge is 2.18. The van der Waals surface area contributed by atoms with Crippen molar-refractivity contribution in [2.75, 3.05) is 7.11 Å². The van der Waals surface area contributed by atoms with E-state index in [0.29, 0.717) is 0 Å². The Kier molecular flexibility index (Phi) is 3.91. The van der Waals surface area contributed by atoms with E-state index in [2.05, 4.69) is 21.1 Å². The molecular formula is C12H10BrNO2S. The van der Waals surface area contributed by atoms with E-state index in [4.69, 9.17) is 4.74 Å². The summed E-state index contributed by atoms with van der Waals surface area (Å²) < 4.78 is 6.00. The van der Waals surface area contributed by atoms with Gasteiger partial charge in [-0.25, -0.2) is 0 Å². The maximum atomic E-state index is 11.0. The van der Waals surface area contributed by atoms with E-state index >= 15 is 0 Å². The summed E-state index contributed by atoms with van der Waals surface area (Å²) in [5.74, 6) is 0.767. The minimum atomic E-state index is -0.463. The van der Waals surface area contributed by atoms with Crippen LogP contribution in [0, 0.1) is 4.91 Å². The van der Waals surface area contributed by atoms with Crippen LogP contribution in [0.15, 0.2) is 45.4 Å². The van der Waals surface area contributed by atoms with Crippen LogP contribution in [0.25, 0.3) is 0 Å². The summed E-state index contributed by atoms with van der Waals surface area (Å²) in [5.41, 5.74) is 0.865. The van der Waals surface area contributed by atoms with Crippen molar-refractivity contribution < 1.29 is 4.74 Å². The average Bonchev–Trinajstić information content (AvgIpc) is 2.78. The summed E-state index contributed by atoms with van der Waals surface area (Å²) in [6.07, 6.45) is 0. The second-order valence-electron chi connectivity index (χ2n) is 3.41. The Labute approximate surface area is 112 Å². The average molecular weight is 312 g/mol. The standard InChI is InChI=1S/C12H10BrNO2S/c1-16-9-4-2-8(3-5-9)11(14-15)12-10(13)6-7-17-12/h2-7,11H,1H3. The lowest BCUT2D eigenvalue weighted by molar-refractivity contribution is 0.414. The fraction of sp³-hybridized carbons (Fsp3) is 0.167. The van der Waals surface area contributed by atoms with Gasteiger partial charge in [0.1, 0.15) is 5.75 Å². The number of halogens is 1. The largest absolute Gasteiger partial charge is 0.497 e. The number of thiophene rings is 1. The number of hydrogen-bond acceptors (Lipinski definition) is 4. The second kappa shape index (κ2) is 5.42. The van der Waals surface area contributed by atoms with Crippen LogP contribution >= 0.6 is 27.3 Å². The third kappa shape index (κ3) is 2.56. The van der Waals surface area contributed by atoms with Gasteiger partial charge in [-0.2, -0.15) is 0 Å². The topological polar surface area (TPSA) is 38.7 Å². The van der Waals surface area contributed by atoms with E-state index in [1.807, 2.05) is 35.7 Å². The van der Waals surface area contributed by atoms with Gasteiger partial charge in [-0.1, -0.05) is 17.3 Å². The van der Waals surface area contributed by atoms with Gasteiger partial charge in [-0.15, -0.1) is 16.2 Å². The molecule has 0 aliphatic rings. The molecule has 88 valence electrons. The number of ether oxygens (including phenoxy) is 1. The van der Waals surface area contributed by atoms with Gasteiger partial charge in [0.25, 0.3) is 0 Å². The quantitative estimate of drug-likeness (QED) is 0.786. The van der Waals surface area contributed by atoms with E-state index < -0.39 is 6.04 Å². The maximum Gasteiger partial charge on any atom is 0.152 e. The predicted molar refractivity (Wildman–Crippen MR) is 72.7 cm³/mol. The Morgan fingerprint density at radius 3 is 2.47 bits per heavy atom. The first kappa shape index (κ1) is 12.3. The van der Waals surface area contributed by atoms with E-state index in [-0.39, 0.29) is 0 Å². The Bertz CT molecular complexity index is 509. The minimum Gasteiger partial charge on any atom is -0.497 e. The highest BCUT2D eigenvalue weighted by molar-refractivity contribution is 9.10. The molecule has 0 aliphatic carbocycles. The Hall–Kier alpha value is -1.20. The lowest BCUT2D eigenvalue weighted by Gasteiger charge is -2.09. The highest BCUT2D eigenvalue weighted by atomic mass is 79.9. The smallest absolute Gasteiger partial charge is 0.152 e. The molecular weight excluding hydrogens is 302 g/mol. The Morgan fingerprint density at radius 2 is 2.00 bits per heavy atom. The second-order valence-corrected chi connectivity index (χ2v) is 5.22. The van der Waals surface area contributed by atoms with Gasteiger partial charge in [0, 0.05) is 4.47 Å². The molecule has 1 aromatic heterocycles. The van der Waals surface area contributed by atoms with Gasteiger partial charge in [-0.05, 0) is 45.1 Å². The third-order valence-corrected chi connectivity index (χ3v) is 4.35. The van der Waals surface area contributed by atoms with E-state index in [0.717, 1.165) is 20.7 Å². The molecule has 3 nitrogen and oxygen atoms in total. The molecule has 1 atom stereocenters. The monoisotopic (exact) mass is 311 g/mol. The molecule has 0 bridgehead atoms. The summed E-state index contributed by atoms with van der Waals surface area (Å²) in [6, 6.07) is 8.83. The predicted octanol–water partition coefficient (Wildman–Crippen LogP) is 4.38. The fourth-order valence-electron chi connectivity index (χ4n) is 1.55. The number of nitroso groups, excluding NO2 is 1. The molecule has 0 saturated carbocycles. The zero-order valence-electron chi connectivity index (χ0n) is 9.09. The summed E-state index contributed by atoms with van der Waals surface area (Å²) in [4.78, 5) is 11.9. The number of benzene rings is 1. The van der Waals surface area contributed by atoms with Crippen molar-refractivity contribution in [3.63, 3.8) is 0 Å². The summed E-state index contributed by atoms with van der Waals surface area (Å²) >= 11 is 4.94. The van der Waals surface area contributed by atoms with Crippen molar-refractivity contribution in [2.45, 2.75) is 6.04 Å². The third-order valence-electron chi connectivity index (χ3n) is 2.43. The van der Waals surface area contributed by atoms with Gasteiger partial charge < -0.3 is 4.74 Å². The lowest BCUT2D eigenvalue weighted by Crippen LogP contribution is -1.95. The van der Waals surface area contributed by atoms with Crippen molar-refractivity contribution in [2.24, 2.45) is 5.18 Å². The number of hydrogen-bond donors (Lipinski definition) is 0. The molecule has 1 unspecified atom stereocenters. The van der Waals surface area contributed by atoms with Crippen molar-refractivity contribution in [1.82, 2.24) is 0 Å². The van der Waals surface area contributed by atoms with Gasteiger partial charge in [0.15, 0.2) is 6.04 Å². The van der Waals surface area contributed by atoms with Crippen molar-refractivity contribution in [3.8, 4) is 5.75 Å². The number of nitrogens with zero attached hydrogens (tertiary/aromatic N) is 1. The number of rotatable bonds is 4. The molecule has 17 heavy (non-hydrogen) atoms. The van der Waals surface area contributed by atoms with Crippen LogP contribution in [0.4, 0.5) is 0 Å². The fourth-order valence-corrected chi connectivity index (χ4v) is 3.19. The van der Waals surface area contributed by atoms with Crippen LogP contribution < -0.4 is 4.74 Å². The van der Waals surface area contributed by atoms with Crippen LogP contribution in [-0.4, -0.2) is 7.11 Å². The van der Waals surface area contributed by atoms with E-state index in [9.17, 15) is 4.91 Å². The van der Waals surface area contributed by atoms with Gasteiger partial charge in [0.05, 0.1) is 12.0 Å². The first-order valence-electron chi connectivity index (χ1n) is 4.95. The summed E-state index contributed by atoms with van der Waals surface area (Å²) in [6.45, 7) is 0. The minimum absolute atomic E-state index is 0.463. The molecule has 0 fully saturated rings. The van der Waals surface area contributed by atoms with E-state index in [1.54, 1.807) is 7.11 Å². The van der Waals surface area contributed by atoms with Crippen molar-refractivity contribution in [1.29, 1.82) is 0 Å². The molecule has 0 N–H and O–H groups in total. The lowest BCUT2D eigenvalue weighted by atomic mass is 10.1. The summed E-state index contributed by atoms with van der Waals surface area (Å²) in [7, 11) is 1.61. The van der Waals surface area contributed by atoms with Crippen molar-refractivity contribution in [3.05, 3.63) is 55.5 Å². The first-order chi connectivity index (χ1) is 8.26. The molecule has 0 spiro atoms. The Morgan fingerprint density at radius 1 is 1.29 bits per heavy atom. The summed E-state index contributed by atoms with van der Waals surface area (Å²) in [5, 5.41) is 5.14. The van der Waals surface area contributed by atoms with Gasteiger partial charge >= 0.3 is 0 Å². The van der Waals surface area contributed by atoms with Crippen LogP contribution in [-0.2, 0) is 0 Å². The molecule has 0 amide bonds. The molecule has 5 heteroatoms. The molecule has 1 heterocycles. The zero-order valence-corrected chi connectivity index (χ0v) is 11.5. The molecule has 0 saturated heterocycles. The molecule has 1 aromatic carbocycles. The Balaban J connectivity index is 2.35. The molecule has 2 rings (SSSR count). The first-order valence-corrected chi connectivity index (χ1v) is 6.63. The van der Waals surface area contributed by atoms with Gasteiger partial charge in [0.2, 0.25) is 0 Å². The molecule has 2 aromatic rings. The maximum absolute atomic E-state index is 11.0. The molecule has 0 radical (unpaired) electrons. The zero-order chi connectivity index (χ0) is 12.3. The highest BCUT2D eigenvalue weighted by Crippen LogP contribution is 2.35. The van der Waals surface area contributed by atoms with Gasteiger partial charge in [-0.3, -0.25) is 0 Å². The van der Waals surface area contributed by atoms with E-state index in [1.165, 1.54) is 11.3 Å². The number of methoxy groups -OCH3 is 1. The van der Waals surface area contributed by atoms with Crippen LogP contribution in [0.5, 0.6) is 5.75 Å². The van der Waals surface area contributed by atoms with Crippen molar-refractivity contribution >= 4 is 27.3 Å².